The van der Waals surface area contributed by atoms with Gasteiger partial charge in [-0.2, -0.15) is 0 Å². The molecule has 4 nitrogen and oxygen atoms in total. The number of ketones is 1. The molecule has 1 heterocycles. The highest BCUT2D eigenvalue weighted by Crippen LogP contribution is 2.29. The minimum Gasteiger partial charge on any atom is -0.373 e. The molecule has 1 amide bonds. The Labute approximate surface area is 106 Å². The van der Waals surface area contributed by atoms with Gasteiger partial charge in [0.2, 0.25) is 5.60 Å². The lowest BCUT2D eigenvalue weighted by Crippen LogP contribution is -2.46. The molecule has 1 saturated heterocycles. The number of carbonyl (C=O) groups excluding carboxylic acids is 2. The second-order valence-corrected chi connectivity index (χ2v) is 4.27. The van der Waals surface area contributed by atoms with Crippen LogP contribution in [0.5, 0.6) is 0 Å². The molecule has 1 atom stereocenters. The fraction of sp³-hybridized carbons (Fsp3) is 0.286. The lowest BCUT2D eigenvalue weighted by atomic mass is 9.96. The third-order valence-electron chi connectivity index (χ3n) is 3.09. The van der Waals surface area contributed by atoms with Gasteiger partial charge >= 0.3 is 0 Å². The second-order valence-electron chi connectivity index (χ2n) is 4.27. The minimum atomic E-state index is -1.90. The van der Waals surface area contributed by atoms with Crippen LogP contribution in [-0.4, -0.2) is 28.9 Å². The maximum atomic E-state index is 12.2. The molecular weight excluding hydrogens is 230 g/mol. The summed E-state index contributed by atoms with van der Waals surface area (Å²) in [6.45, 7) is 2.03. The van der Waals surface area contributed by atoms with Crippen molar-refractivity contribution in [3.63, 3.8) is 0 Å². The van der Waals surface area contributed by atoms with Crippen molar-refractivity contribution in [2.45, 2.75) is 18.9 Å². The summed E-state index contributed by atoms with van der Waals surface area (Å²) in [7, 11) is 0. The number of nitrogens with zero attached hydrogens (tertiary/aromatic N) is 1. The van der Waals surface area contributed by atoms with Crippen LogP contribution in [0.1, 0.15) is 13.3 Å². The van der Waals surface area contributed by atoms with Crippen molar-refractivity contribution in [1.29, 1.82) is 0 Å². The molecule has 1 N–H and O–H groups in total. The van der Waals surface area contributed by atoms with E-state index >= 15 is 0 Å². The first-order chi connectivity index (χ1) is 8.59. The van der Waals surface area contributed by atoms with Crippen molar-refractivity contribution in [3.05, 3.63) is 42.5 Å². The average molecular weight is 245 g/mol. The van der Waals surface area contributed by atoms with Gasteiger partial charge in [-0.15, -0.1) is 0 Å². The zero-order valence-electron chi connectivity index (χ0n) is 10.2. The number of hydrogen-bond acceptors (Lipinski definition) is 3. The summed E-state index contributed by atoms with van der Waals surface area (Å²) in [6, 6.07) is 9.04. The lowest BCUT2D eigenvalue weighted by Gasteiger charge is -2.20. The molecule has 0 aromatic heterocycles. The van der Waals surface area contributed by atoms with Gasteiger partial charge in [-0.3, -0.25) is 9.59 Å². The van der Waals surface area contributed by atoms with Gasteiger partial charge < -0.3 is 10.0 Å². The smallest absolute Gasteiger partial charge is 0.267 e. The highest BCUT2D eigenvalue weighted by Gasteiger charge is 2.50. The van der Waals surface area contributed by atoms with E-state index in [2.05, 4.69) is 0 Å². The van der Waals surface area contributed by atoms with E-state index in [1.807, 2.05) is 18.2 Å². The van der Waals surface area contributed by atoms with E-state index in [1.54, 1.807) is 19.1 Å². The Bertz CT molecular complexity index is 495. The van der Waals surface area contributed by atoms with E-state index in [0.717, 1.165) is 0 Å². The van der Waals surface area contributed by atoms with Crippen LogP contribution in [0.25, 0.3) is 0 Å². The molecule has 94 valence electrons. The van der Waals surface area contributed by atoms with Gasteiger partial charge in [0.05, 0.1) is 0 Å². The zero-order chi connectivity index (χ0) is 13.2. The monoisotopic (exact) mass is 245 g/mol. The van der Waals surface area contributed by atoms with Gasteiger partial charge in [-0.05, 0) is 25.1 Å². The molecule has 18 heavy (non-hydrogen) atoms. The predicted molar refractivity (Wildman–Crippen MR) is 68.2 cm³/mol. The molecule has 0 radical (unpaired) electrons. The second kappa shape index (κ2) is 4.74. The van der Waals surface area contributed by atoms with Gasteiger partial charge in [-0.1, -0.05) is 24.3 Å². The Hall–Kier alpha value is -1.94. The fourth-order valence-electron chi connectivity index (χ4n) is 2.08. The number of aliphatic hydroxyl groups is 1. The van der Waals surface area contributed by atoms with Gasteiger partial charge in [0, 0.05) is 18.7 Å². The van der Waals surface area contributed by atoms with E-state index in [0.29, 0.717) is 12.2 Å². The van der Waals surface area contributed by atoms with Gasteiger partial charge in [0.15, 0.2) is 5.78 Å². The number of benzene rings is 1. The Morgan fingerprint density at radius 1 is 1.39 bits per heavy atom. The summed E-state index contributed by atoms with van der Waals surface area (Å²) >= 11 is 0. The Morgan fingerprint density at radius 3 is 2.67 bits per heavy atom. The molecule has 1 aliphatic heterocycles. The van der Waals surface area contributed by atoms with Crippen molar-refractivity contribution < 1.29 is 14.7 Å². The number of rotatable bonds is 3. The van der Waals surface area contributed by atoms with Crippen molar-refractivity contribution in [1.82, 2.24) is 0 Å². The van der Waals surface area contributed by atoms with Gasteiger partial charge in [0.1, 0.15) is 0 Å². The molecule has 4 heteroatoms. The first-order valence-corrected chi connectivity index (χ1v) is 5.86. The molecule has 1 aliphatic rings. The maximum Gasteiger partial charge on any atom is 0.267 e. The van der Waals surface area contributed by atoms with Crippen LogP contribution in [0.2, 0.25) is 0 Å². The minimum absolute atomic E-state index is 0.129. The summed E-state index contributed by atoms with van der Waals surface area (Å²) in [4.78, 5) is 25.4. The molecule has 1 aromatic rings. The molecule has 0 saturated carbocycles. The van der Waals surface area contributed by atoms with Crippen molar-refractivity contribution in [3.8, 4) is 0 Å². The highest BCUT2D eigenvalue weighted by atomic mass is 16.3. The summed E-state index contributed by atoms with van der Waals surface area (Å²) in [5, 5.41) is 10.2. The number of allylic oxidation sites excluding steroid dienone is 1. The molecule has 0 unspecified atom stereocenters. The largest absolute Gasteiger partial charge is 0.373 e. The summed E-state index contributed by atoms with van der Waals surface area (Å²) < 4.78 is 0. The average Bonchev–Trinajstić information content (AvgIpc) is 2.69. The number of hydrogen-bond donors (Lipinski definition) is 1. The van der Waals surface area contributed by atoms with Gasteiger partial charge in [-0.25, -0.2) is 0 Å². The molecule has 0 bridgehead atoms. The van der Waals surface area contributed by atoms with E-state index < -0.39 is 17.3 Å². The Balaban J connectivity index is 2.27. The summed E-state index contributed by atoms with van der Waals surface area (Å²) in [5.41, 5.74) is -1.20. The summed E-state index contributed by atoms with van der Waals surface area (Å²) in [5.74, 6) is -1.09. The Kier molecular flexibility index (Phi) is 3.30. The van der Waals surface area contributed by atoms with Crippen LogP contribution < -0.4 is 4.90 Å². The summed E-state index contributed by atoms with van der Waals surface area (Å²) in [6.07, 6.45) is 2.90. The molecule has 1 aromatic carbocycles. The number of amides is 1. The molecular formula is C14H15NO3. The van der Waals surface area contributed by atoms with Crippen LogP contribution in [0.3, 0.4) is 0 Å². The van der Waals surface area contributed by atoms with E-state index in [9.17, 15) is 14.7 Å². The van der Waals surface area contributed by atoms with E-state index in [1.165, 1.54) is 17.1 Å². The quantitative estimate of drug-likeness (QED) is 0.645. The van der Waals surface area contributed by atoms with Crippen LogP contribution in [0.4, 0.5) is 5.69 Å². The van der Waals surface area contributed by atoms with Crippen LogP contribution in [-0.2, 0) is 9.59 Å². The number of para-hydroxylation sites is 1. The first kappa shape index (κ1) is 12.5. The van der Waals surface area contributed by atoms with Crippen LogP contribution in [0.15, 0.2) is 42.5 Å². The van der Waals surface area contributed by atoms with E-state index in [4.69, 9.17) is 0 Å². The third kappa shape index (κ3) is 1.95. The molecule has 1 fully saturated rings. The fourth-order valence-corrected chi connectivity index (χ4v) is 2.08. The van der Waals surface area contributed by atoms with Crippen molar-refractivity contribution in [2.24, 2.45) is 0 Å². The first-order valence-electron chi connectivity index (χ1n) is 5.86. The SMILES string of the molecule is CC=CC(=O)[C@@]1(O)CCN(c2ccccc2)C1=O. The Morgan fingerprint density at radius 2 is 2.06 bits per heavy atom. The van der Waals surface area contributed by atoms with E-state index in [-0.39, 0.29) is 6.42 Å². The van der Waals surface area contributed by atoms with Crippen LogP contribution in [0, 0.1) is 0 Å². The predicted octanol–water partition coefficient (Wildman–Crippen LogP) is 1.30. The third-order valence-corrected chi connectivity index (χ3v) is 3.09. The normalized spacial score (nSPS) is 23.9. The number of carbonyl (C=O) groups is 2. The van der Waals surface area contributed by atoms with Crippen LogP contribution >= 0.6 is 0 Å². The standard InChI is InChI=1S/C14H15NO3/c1-2-6-12(16)14(18)9-10-15(13(14)17)11-7-4-3-5-8-11/h2-8,18H,9-10H2,1H3/t14-/m0/s1. The highest BCUT2D eigenvalue weighted by molar-refractivity contribution is 6.20. The number of anilines is 1. The topological polar surface area (TPSA) is 57.6 Å². The molecule has 2 rings (SSSR count). The molecule has 0 aliphatic carbocycles. The maximum absolute atomic E-state index is 12.2. The zero-order valence-corrected chi connectivity index (χ0v) is 10.2. The lowest BCUT2D eigenvalue weighted by molar-refractivity contribution is -0.144. The van der Waals surface area contributed by atoms with Gasteiger partial charge in [0.25, 0.3) is 5.91 Å². The molecule has 0 spiro atoms. The van der Waals surface area contributed by atoms with Crippen molar-refractivity contribution in [2.75, 3.05) is 11.4 Å². The van der Waals surface area contributed by atoms with Crippen molar-refractivity contribution >= 4 is 17.4 Å².